The van der Waals surface area contributed by atoms with E-state index in [-0.39, 0.29) is 6.04 Å². The highest BCUT2D eigenvalue weighted by molar-refractivity contribution is 6.30. The smallest absolute Gasteiger partial charge is 0.0591 e. The molecule has 0 amide bonds. The summed E-state index contributed by atoms with van der Waals surface area (Å²) >= 11 is 5.95. The summed E-state index contributed by atoms with van der Waals surface area (Å²) in [5, 5.41) is 4.38. The van der Waals surface area contributed by atoms with Crippen LogP contribution in [0.1, 0.15) is 33.9 Å². The van der Waals surface area contributed by atoms with Gasteiger partial charge in [-0.05, 0) is 53.4 Å². The van der Waals surface area contributed by atoms with E-state index >= 15 is 0 Å². The summed E-state index contributed by atoms with van der Waals surface area (Å²) in [7, 11) is 0. The molecule has 0 spiro atoms. The van der Waals surface area contributed by atoms with E-state index < -0.39 is 0 Å². The molecule has 1 unspecified atom stereocenters. The zero-order valence-electron chi connectivity index (χ0n) is 13.8. The maximum absolute atomic E-state index is 5.95. The third kappa shape index (κ3) is 3.46. The zero-order chi connectivity index (χ0) is 17.1. The van der Waals surface area contributed by atoms with E-state index in [0.29, 0.717) is 0 Å². The lowest BCUT2D eigenvalue weighted by molar-refractivity contribution is 0.567. The summed E-state index contributed by atoms with van der Waals surface area (Å²) < 4.78 is 0. The molecule has 1 N–H and O–H groups in total. The molecule has 0 fully saturated rings. The fraction of sp³-hybridized carbons (Fsp3) is 0.130. The number of halogens is 1. The van der Waals surface area contributed by atoms with Crippen LogP contribution in [0.3, 0.4) is 0 Å². The molecule has 1 aliphatic rings. The van der Waals surface area contributed by atoms with Gasteiger partial charge < -0.3 is 5.32 Å². The highest BCUT2D eigenvalue weighted by atomic mass is 35.5. The summed E-state index contributed by atoms with van der Waals surface area (Å²) in [6.45, 7) is 0.987. The van der Waals surface area contributed by atoms with Crippen molar-refractivity contribution in [2.24, 2.45) is 0 Å². The summed E-state index contributed by atoms with van der Waals surface area (Å²) in [6.07, 6.45) is 1.07. The average Bonchev–Trinajstić information content (AvgIpc) is 2.67. The summed E-state index contributed by atoms with van der Waals surface area (Å²) in [5.74, 6) is 6.60. The second-order valence-corrected chi connectivity index (χ2v) is 6.62. The van der Waals surface area contributed by atoms with Gasteiger partial charge in [-0.3, -0.25) is 0 Å². The van der Waals surface area contributed by atoms with Gasteiger partial charge in [0.25, 0.3) is 0 Å². The Hall–Kier alpha value is -2.53. The largest absolute Gasteiger partial charge is 0.306 e. The fourth-order valence-electron chi connectivity index (χ4n) is 3.32. The van der Waals surface area contributed by atoms with E-state index in [4.69, 9.17) is 11.6 Å². The van der Waals surface area contributed by atoms with E-state index in [1.807, 2.05) is 30.3 Å². The first-order valence-electron chi connectivity index (χ1n) is 8.49. The van der Waals surface area contributed by atoms with E-state index in [9.17, 15) is 0 Å². The first kappa shape index (κ1) is 16.0. The lowest BCUT2D eigenvalue weighted by Crippen LogP contribution is -2.31. The molecule has 1 aliphatic heterocycles. The van der Waals surface area contributed by atoms with E-state index in [1.54, 1.807) is 0 Å². The summed E-state index contributed by atoms with van der Waals surface area (Å²) in [5.41, 5.74) is 6.04. The van der Waals surface area contributed by atoms with Crippen LogP contribution >= 0.6 is 11.6 Å². The monoisotopic (exact) mass is 343 g/mol. The van der Waals surface area contributed by atoms with Gasteiger partial charge in [0.1, 0.15) is 0 Å². The Bertz CT molecular complexity index is 948. The van der Waals surface area contributed by atoms with Gasteiger partial charge in [0.15, 0.2) is 0 Å². The minimum absolute atomic E-state index is 0.195. The predicted molar refractivity (Wildman–Crippen MR) is 104 cm³/mol. The van der Waals surface area contributed by atoms with Crippen molar-refractivity contribution in [2.75, 3.05) is 6.54 Å². The van der Waals surface area contributed by atoms with Gasteiger partial charge in [0.05, 0.1) is 6.04 Å². The van der Waals surface area contributed by atoms with Gasteiger partial charge in [-0.2, -0.15) is 0 Å². The van der Waals surface area contributed by atoms with Crippen LogP contribution in [0, 0.1) is 11.8 Å². The Balaban J connectivity index is 1.73. The SMILES string of the molecule is Clc1ccc(C#Cc2ccccc2C2NCCc3ccccc32)cc1. The van der Waals surface area contributed by atoms with Gasteiger partial charge in [-0.1, -0.05) is 65.9 Å². The van der Waals surface area contributed by atoms with Crippen molar-refractivity contribution in [1.82, 2.24) is 5.32 Å². The van der Waals surface area contributed by atoms with Gasteiger partial charge in [0.2, 0.25) is 0 Å². The maximum Gasteiger partial charge on any atom is 0.0591 e. The van der Waals surface area contributed by atoms with Crippen LogP contribution in [-0.4, -0.2) is 6.54 Å². The zero-order valence-corrected chi connectivity index (χ0v) is 14.6. The number of hydrogen-bond donors (Lipinski definition) is 1. The number of fused-ring (bicyclic) bond motifs is 1. The van der Waals surface area contributed by atoms with Gasteiger partial charge in [0, 0.05) is 22.7 Å². The van der Waals surface area contributed by atoms with E-state index in [1.165, 1.54) is 16.7 Å². The van der Waals surface area contributed by atoms with Crippen molar-refractivity contribution in [3.05, 3.63) is 106 Å². The fourth-order valence-corrected chi connectivity index (χ4v) is 3.44. The molecule has 0 radical (unpaired) electrons. The summed E-state index contributed by atoms with van der Waals surface area (Å²) in [4.78, 5) is 0. The average molecular weight is 344 g/mol. The molecule has 1 atom stereocenters. The van der Waals surface area contributed by atoms with Crippen LogP contribution in [0.4, 0.5) is 0 Å². The molecule has 122 valence electrons. The van der Waals surface area contributed by atoms with Crippen molar-refractivity contribution in [1.29, 1.82) is 0 Å². The highest BCUT2D eigenvalue weighted by Gasteiger charge is 2.22. The lowest BCUT2D eigenvalue weighted by Gasteiger charge is -2.28. The third-order valence-electron chi connectivity index (χ3n) is 4.57. The topological polar surface area (TPSA) is 12.0 Å². The normalized spacial score (nSPS) is 15.8. The Morgan fingerprint density at radius 3 is 2.36 bits per heavy atom. The Kier molecular flexibility index (Phi) is 4.57. The molecule has 3 aromatic rings. The van der Waals surface area contributed by atoms with Gasteiger partial charge in [-0.25, -0.2) is 0 Å². The third-order valence-corrected chi connectivity index (χ3v) is 4.82. The van der Waals surface area contributed by atoms with Gasteiger partial charge in [-0.15, -0.1) is 0 Å². The van der Waals surface area contributed by atoms with E-state index in [0.717, 1.165) is 29.1 Å². The minimum Gasteiger partial charge on any atom is -0.306 e. The van der Waals surface area contributed by atoms with Crippen molar-refractivity contribution >= 4 is 11.6 Å². The van der Waals surface area contributed by atoms with Crippen LogP contribution < -0.4 is 5.32 Å². The Labute approximate surface area is 153 Å². The molecule has 1 heterocycles. The van der Waals surface area contributed by atoms with Crippen LogP contribution in [-0.2, 0) is 6.42 Å². The molecule has 0 aromatic heterocycles. The van der Waals surface area contributed by atoms with Crippen LogP contribution in [0.5, 0.6) is 0 Å². The maximum atomic E-state index is 5.95. The molecular weight excluding hydrogens is 326 g/mol. The number of rotatable bonds is 1. The molecule has 25 heavy (non-hydrogen) atoms. The highest BCUT2D eigenvalue weighted by Crippen LogP contribution is 2.30. The van der Waals surface area contributed by atoms with Crippen molar-refractivity contribution in [3.63, 3.8) is 0 Å². The molecule has 3 aromatic carbocycles. The lowest BCUT2D eigenvalue weighted by atomic mass is 9.88. The second-order valence-electron chi connectivity index (χ2n) is 6.18. The molecule has 2 heteroatoms. The quantitative estimate of drug-likeness (QED) is 0.615. The van der Waals surface area contributed by atoms with Crippen molar-refractivity contribution in [2.45, 2.75) is 12.5 Å². The van der Waals surface area contributed by atoms with Crippen LogP contribution in [0.15, 0.2) is 72.8 Å². The minimum atomic E-state index is 0.195. The molecule has 0 saturated carbocycles. The molecule has 0 bridgehead atoms. The molecule has 4 rings (SSSR count). The number of hydrogen-bond acceptors (Lipinski definition) is 1. The molecule has 0 saturated heterocycles. The Morgan fingerprint density at radius 1 is 0.800 bits per heavy atom. The molecule has 1 nitrogen and oxygen atoms in total. The number of benzene rings is 3. The van der Waals surface area contributed by atoms with Crippen molar-refractivity contribution in [3.8, 4) is 11.8 Å². The second kappa shape index (κ2) is 7.15. The number of nitrogens with one attached hydrogen (secondary N) is 1. The standard InChI is InChI=1S/C23H18ClN/c24-20-13-10-17(11-14-20)9-12-18-5-1-3-7-21(18)23-22-8-4-2-6-19(22)15-16-25-23/h1-8,10-11,13-14,23,25H,15-16H2. The summed E-state index contributed by atoms with van der Waals surface area (Å²) in [6, 6.07) is 24.9. The Morgan fingerprint density at radius 2 is 1.52 bits per heavy atom. The van der Waals surface area contributed by atoms with Crippen molar-refractivity contribution < 1.29 is 0 Å². The molecular formula is C23H18ClN. The predicted octanol–water partition coefficient (Wildman–Crippen LogP) is 4.97. The first-order valence-corrected chi connectivity index (χ1v) is 8.87. The van der Waals surface area contributed by atoms with Crippen LogP contribution in [0.25, 0.3) is 0 Å². The van der Waals surface area contributed by atoms with Gasteiger partial charge >= 0.3 is 0 Å². The van der Waals surface area contributed by atoms with E-state index in [2.05, 4.69) is 59.6 Å². The van der Waals surface area contributed by atoms with Crippen LogP contribution in [0.2, 0.25) is 5.02 Å². The first-order chi connectivity index (χ1) is 12.3. The molecule has 0 aliphatic carbocycles.